The number of fused-ring (bicyclic) bond motifs is 1. The minimum Gasteiger partial charge on any atom is -0.507 e. The Morgan fingerprint density at radius 1 is 1.28 bits per heavy atom. The largest absolute Gasteiger partial charge is 0.507 e. The van der Waals surface area contributed by atoms with Crippen LogP contribution in [0.5, 0.6) is 5.75 Å². The summed E-state index contributed by atoms with van der Waals surface area (Å²) in [7, 11) is 0. The number of phenols is 1. The van der Waals surface area contributed by atoms with Crippen molar-refractivity contribution >= 4 is 22.9 Å². The number of carbonyl (C=O) groups is 1. The molecule has 3 aromatic rings. The molecule has 1 aromatic heterocycles. The summed E-state index contributed by atoms with van der Waals surface area (Å²) in [6.45, 7) is 4.38. The molecule has 0 aliphatic rings. The van der Waals surface area contributed by atoms with Gasteiger partial charge in [0, 0.05) is 17.7 Å². The molecule has 0 spiro atoms. The summed E-state index contributed by atoms with van der Waals surface area (Å²) in [6.07, 6.45) is 1.75. The number of aromatic hydroxyl groups is 1. The van der Waals surface area contributed by atoms with Crippen LogP contribution in [0.3, 0.4) is 0 Å². The smallest absolute Gasteiger partial charge is 0.241 e. The second-order valence-electron chi connectivity index (χ2n) is 5.91. The number of aryl methyl sites for hydroxylation is 3. The third-order valence-electron chi connectivity index (χ3n) is 3.98. The molecule has 2 aromatic carbocycles. The number of rotatable bonds is 5. The van der Waals surface area contributed by atoms with E-state index in [4.69, 9.17) is 0 Å². The lowest BCUT2D eigenvalue weighted by molar-refractivity contribution is -0.121. The molecule has 1 heterocycles. The van der Waals surface area contributed by atoms with Gasteiger partial charge in [0.25, 0.3) is 0 Å². The molecule has 6 heteroatoms. The molecular weight excluding hydrogens is 316 g/mol. The zero-order valence-corrected chi connectivity index (χ0v) is 14.2. The maximum atomic E-state index is 11.9. The zero-order chi connectivity index (χ0) is 17.8. The van der Waals surface area contributed by atoms with E-state index in [1.54, 1.807) is 10.7 Å². The number of nitrogens with one attached hydrogen (secondary N) is 1. The lowest BCUT2D eigenvalue weighted by Crippen LogP contribution is -2.20. The normalized spacial score (nSPS) is 11.3. The first kappa shape index (κ1) is 16.7. The molecule has 25 heavy (non-hydrogen) atoms. The van der Waals surface area contributed by atoms with Crippen LogP contribution in [-0.2, 0) is 11.3 Å². The van der Waals surface area contributed by atoms with Crippen molar-refractivity contribution in [1.82, 2.24) is 15.2 Å². The summed E-state index contributed by atoms with van der Waals surface area (Å²) < 4.78 is 1.80. The van der Waals surface area contributed by atoms with Crippen molar-refractivity contribution in [2.24, 2.45) is 5.10 Å². The minimum absolute atomic E-state index is 0.124. The van der Waals surface area contributed by atoms with Crippen molar-refractivity contribution in [2.75, 3.05) is 0 Å². The summed E-state index contributed by atoms with van der Waals surface area (Å²) in [4.78, 5) is 11.9. The summed E-state index contributed by atoms with van der Waals surface area (Å²) in [5.41, 5.74) is 5.03. The number of hydrogen-bond donors (Lipinski definition) is 2. The van der Waals surface area contributed by atoms with Crippen LogP contribution in [0.4, 0.5) is 0 Å². The van der Waals surface area contributed by atoms with Crippen molar-refractivity contribution in [1.29, 1.82) is 0 Å². The Bertz CT molecular complexity index is 944. The minimum atomic E-state index is -0.205. The maximum Gasteiger partial charge on any atom is 0.241 e. The molecule has 0 atom stereocenters. The van der Waals surface area contributed by atoms with Gasteiger partial charge in [-0.25, -0.2) is 5.43 Å². The first-order chi connectivity index (χ1) is 12.0. The van der Waals surface area contributed by atoms with Crippen LogP contribution in [-0.4, -0.2) is 27.0 Å². The van der Waals surface area contributed by atoms with Crippen molar-refractivity contribution in [3.8, 4) is 5.75 Å². The van der Waals surface area contributed by atoms with Gasteiger partial charge in [-0.1, -0.05) is 30.3 Å². The number of phenolic OH excluding ortho intramolecular Hbond substituents is 1. The maximum absolute atomic E-state index is 11.9. The van der Waals surface area contributed by atoms with E-state index in [0.717, 1.165) is 22.2 Å². The highest BCUT2D eigenvalue weighted by Crippen LogP contribution is 2.25. The summed E-state index contributed by atoms with van der Waals surface area (Å²) in [5, 5.41) is 20.2. The highest BCUT2D eigenvalue weighted by molar-refractivity contribution is 6.02. The molecule has 0 unspecified atom stereocenters. The molecule has 0 radical (unpaired) electrons. The Hall–Kier alpha value is -3.15. The lowest BCUT2D eigenvalue weighted by Gasteiger charge is -2.05. The van der Waals surface area contributed by atoms with Crippen molar-refractivity contribution < 1.29 is 9.90 Å². The van der Waals surface area contributed by atoms with Crippen molar-refractivity contribution in [3.05, 3.63) is 59.4 Å². The number of nitrogens with zero attached hydrogens (tertiary/aromatic N) is 3. The van der Waals surface area contributed by atoms with Crippen LogP contribution < -0.4 is 5.43 Å². The second-order valence-corrected chi connectivity index (χ2v) is 5.91. The summed E-state index contributed by atoms with van der Waals surface area (Å²) in [6, 6.07) is 13.1. The highest BCUT2D eigenvalue weighted by Gasteiger charge is 2.06. The number of benzene rings is 2. The van der Waals surface area contributed by atoms with E-state index >= 15 is 0 Å². The molecule has 3 rings (SSSR count). The number of amides is 1. The van der Waals surface area contributed by atoms with Gasteiger partial charge in [0.2, 0.25) is 5.91 Å². The average molecular weight is 336 g/mol. The van der Waals surface area contributed by atoms with Crippen LogP contribution in [0, 0.1) is 13.8 Å². The Morgan fingerprint density at radius 3 is 2.84 bits per heavy atom. The van der Waals surface area contributed by atoms with Crippen LogP contribution in [0.25, 0.3) is 10.8 Å². The zero-order valence-electron chi connectivity index (χ0n) is 14.2. The van der Waals surface area contributed by atoms with E-state index in [1.807, 2.05) is 50.2 Å². The number of aromatic nitrogens is 2. The fourth-order valence-electron chi connectivity index (χ4n) is 2.75. The van der Waals surface area contributed by atoms with Gasteiger partial charge in [-0.05, 0) is 36.8 Å². The Labute approximate surface area is 145 Å². The third-order valence-corrected chi connectivity index (χ3v) is 3.98. The average Bonchev–Trinajstić information content (AvgIpc) is 2.92. The van der Waals surface area contributed by atoms with E-state index in [-0.39, 0.29) is 18.1 Å². The first-order valence-corrected chi connectivity index (χ1v) is 8.08. The molecule has 0 bridgehead atoms. The molecule has 0 aliphatic carbocycles. The second kappa shape index (κ2) is 7.17. The van der Waals surface area contributed by atoms with Crippen LogP contribution >= 0.6 is 0 Å². The van der Waals surface area contributed by atoms with Gasteiger partial charge in [0.15, 0.2) is 0 Å². The number of hydrogen-bond acceptors (Lipinski definition) is 4. The predicted molar refractivity (Wildman–Crippen MR) is 97.7 cm³/mol. The topological polar surface area (TPSA) is 79.5 Å². The van der Waals surface area contributed by atoms with Gasteiger partial charge < -0.3 is 5.11 Å². The quantitative estimate of drug-likeness (QED) is 0.555. The van der Waals surface area contributed by atoms with Gasteiger partial charge in [-0.15, -0.1) is 0 Å². The van der Waals surface area contributed by atoms with Crippen LogP contribution in [0.1, 0.15) is 23.4 Å². The van der Waals surface area contributed by atoms with Crippen LogP contribution in [0.15, 0.2) is 47.6 Å². The fraction of sp³-hybridized carbons (Fsp3) is 0.211. The van der Waals surface area contributed by atoms with Crippen molar-refractivity contribution in [2.45, 2.75) is 26.8 Å². The van der Waals surface area contributed by atoms with E-state index in [9.17, 15) is 9.90 Å². The molecule has 0 fully saturated rings. The number of hydrazone groups is 1. The molecule has 0 aliphatic heterocycles. The fourth-order valence-corrected chi connectivity index (χ4v) is 2.75. The molecule has 1 amide bonds. The third kappa shape index (κ3) is 3.85. The van der Waals surface area contributed by atoms with Gasteiger partial charge >= 0.3 is 0 Å². The monoisotopic (exact) mass is 336 g/mol. The van der Waals surface area contributed by atoms with Gasteiger partial charge in [-0.2, -0.15) is 10.2 Å². The highest BCUT2D eigenvalue weighted by atomic mass is 16.3. The van der Waals surface area contributed by atoms with Gasteiger partial charge in [-0.3, -0.25) is 9.48 Å². The van der Waals surface area contributed by atoms with E-state index < -0.39 is 0 Å². The number of carbonyl (C=O) groups excluding carboxylic acids is 1. The van der Waals surface area contributed by atoms with Crippen molar-refractivity contribution in [3.63, 3.8) is 0 Å². The van der Waals surface area contributed by atoms with Gasteiger partial charge in [0.05, 0.1) is 18.5 Å². The molecular formula is C19H20N4O2. The molecule has 0 saturated heterocycles. The molecule has 0 saturated carbocycles. The SMILES string of the molecule is Cc1cc(C)n(CCC(=O)N/N=C/c2c(O)ccc3ccccc23)n1. The predicted octanol–water partition coefficient (Wildman–Crippen LogP) is 2.90. The Kier molecular flexibility index (Phi) is 4.79. The molecule has 6 nitrogen and oxygen atoms in total. The van der Waals surface area contributed by atoms with E-state index in [2.05, 4.69) is 15.6 Å². The molecule has 2 N–H and O–H groups in total. The summed E-state index contributed by atoms with van der Waals surface area (Å²) >= 11 is 0. The standard InChI is InChI=1S/C19H20N4O2/c1-13-11-14(2)23(22-13)10-9-19(25)21-20-12-17-16-6-4-3-5-15(16)7-8-18(17)24/h3-8,11-12,24H,9-10H2,1-2H3,(H,21,25)/b20-12+. The Morgan fingerprint density at radius 2 is 2.08 bits per heavy atom. The first-order valence-electron chi connectivity index (χ1n) is 8.08. The lowest BCUT2D eigenvalue weighted by atomic mass is 10.0. The summed E-state index contributed by atoms with van der Waals surface area (Å²) in [5.74, 6) is -0.0807. The van der Waals surface area contributed by atoms with E-state index in [1.165, 1.54) is 6.21 Å². The molecule has 128 valence electrons. The van der Waals surface area contributed by atoms with Crippen LogP contribution in [0.2, 0.25) is 0 Å². The Balaban J connectivity index is 1.64. The van der Waals surface area contributed by atoms with Gasteiger partial charge in [0.1, 0.15) is 5.75 Å². The van der Waals surface area contributed by atoms with E-state index in [0.29, 0.717) is 12.1 Å².